The molecule has 4 rings (SSSR count). The van der Waals surface area contributed by atoms with Crippen molar-refractivity contribution in [1.82, 2.24) is 9.97 Å². The van der Waals surface area contributed by atoms with Crippen molar-refractivity contribution in [3.05, 3.63) is 63.4 Å². The van der Waals surface area contributed by atoms with Crippen molar-refractivity contribution in [2.45, 2.75) is 33.6 Å². The van der Waals surface area contributed by atoms with E-state index < -0.39 is 0 Å². The van der Waals surface area contributed by atoms with Crippen molar-refractivity contribution in [2.75, 3.05) is 0 Å². The SMILES string of the molecule is CC1=NC(C)=C(c2nc(C)cs2)C(c2cccc3ncc(C)cc23)C1C#N. The van der Waals surface area contributed by atoms with Gasteiger partial charge in [-0.25, -0.2) is 4.98 Å². The van der Waals surface area contributed by atoms with Gasteiger partial charge >= 0.3 is 0 Å². The van der Waals surface area contributed by atoms with Crippen LogP contribution in [0, 0.1) is 31.1 Å². The first kappa shape index (κ1) is 17.6. The molecule has 0 fully saturated rings. The number of hydrogen-bond donors (Lipinski definition) is 0. The zero-order valence-electron chi connectivity index (χ0n) is 15.8. The average molecular weight is 372 g/mol. The van der Waals surface area contributed by atoms with E-state index in [1.807, 2.05) is 51.4 Å². The Balaban J connectivity index is 2.02. The van der Waals surface area contributed by atoms with Gasteiger partial charge in [-0.1, -0.05) is 12.1 Å². The van der Waals surface area contributed by atoms with Crippen molar-refractivity contribution in [1.29, 1.82) is 5.26 Å². The molecular weight excluding hydrogens is 352 g/mol. The Morgan fingerprint density at radius 1 is 1.15 bits per heavy atom. The highest BCUT2D eigenvalue weighted by atomic mass is 32.1. The van der Waals surface area contributed by atoms with Gasteiger partial charge in [0.1, 0.15) is 5.01 Å². The van der Waals surface area contributed by atoms with E-state index in [0.717, 1.165) is 49.7 Å². The summed E-state index contributed by atoms with van der Waals surface area (Å²) in [6.07, 6.45) is 1.88. The first-order chi connectivity index (χ1) is 13.0. The summed E-state index contributed by atoms with van der Waals surface area (Å²) in [4.78, 5) is 14.0. The van der Waals surface area contributed by atoms with E-state index in [2.05, 4.69) is 23.2 Å². The second-order valence-corrected chi connectivity index (χ2v) is 7.92. The molecule has 0 bridgehead atoms. The first-order valence-corrected chi connectivity index (χ1v) is 9.81. The molecule has 0 amide bonds. The van der Waals surface area contributed by atoms with Gasteiger partial charge in [-0.3, -0.25) is 9.98 Å². The van der Waals surface area contributed by atoms with Gasteiger partial charge in [-0.05, 0) is 51.0 Å². The lowest BCUT2D eigenvalue weighted by Gasteiger charge is -2.30. The summed E-state index contributed by atoms with van der Waals surface area (Å²) in [5.41, 5.74) is 7.01. The smallest absolute Gasteiger partial charge is 0.122 e. The summed E-state index contributed by atoms with van der Waals surface area (Å²) in [6.45, 7) is 8.01. The van der Waals surface area contributed by atoms with E-state index in [1.165, 1.54) is 0 Å². The molecule has 3 aromatic rings. The van der Waals surface area contributed by atoms with Crippen LogP contribution < -0.4 is 0 Å². The summed E-state index contributed by atoms with van der Waals surface area (Å²) in [7, 11) is 0. The molecule has 0 N–H and O–H groups in total. The topological polar surface area (TPSA) is 61.9 Å². The minimum absolute atomic E-state index is 0.106. The number of benzene rings is 1. The molecule has 4 nitrogen and oxygen atoms in total. The Hall–Kier alpha value is -2.84. The maximum absolute atomic E-state index is 9.99. The van der Waals surface area contributed by atoms with Crippen LogP contribution in [-0.4, -0.2) is 15.7 Å². The number of nitrogens with zero attached hydrogens (tertiary/aromatic N) is 4. The molecule has 134 valence electrons. The normalized spacial score (nSPS) is 19.9. The number of thiazole rings is 1. The first-order valence-electron chi connectivity index (χ1n) is 8.93. The fourth-order valence-corrected chi connectivity index (χ4v) is 4.78. The van der Waals surface area contributed by atoms with Crippen LogP contribution in [0.4, 0.5) is 0 Å². The third-order valence-electron chi connectivity index (χ3n) is 5.05. The van der Waals surface area contributed by atoms with Gasteiger partial charge in [-0.2, -0.15) is 5.26 Å². The lowest BCUT2D eigenvalue weighted by atomic mass is 9.75. The van der Waals surface area contributed by atoms with Gasteiger partial charge in [0.15, 0.2) is 0 Å². The summed E-state index contributed by atoms with van der Waals surface area (Å²) in [6, 6.07) is 10.8. The van der Waals surface area contributed by atoms with Gasteiger partial charge in [0.2, 0.25) is 0 Å². The highest BCUT2D eigenvalue weighted by Gasteiger charge is 2.36. The number of rotatable bonds is 2. The van der Waals surface area contributed by atoms with E-state index >= 15 is 0 Å². The Morgan fingerprint density at radius 2 is 1.96 bits per heavy atom. The zero-order chi connectivity index (χ0) is 19.1. The van der Waals surface area contributed by atoms with Crippen molar-refractivity contribution in [3.8, 4) is 6.07 Å². The lowest BCUT2D eigenvalue weighted by molar-refractivity contribution is 0.751. The van der Waals surface area contributed by atoms with E-state index in [-0.39, 0.29) is 11.8 Å². The zero-order valence-corrected chi connectivity index (χ0v) is 16.6. The van der Waals surface area contributed by atoms with Gasteiger partial charge < -0.3 is 0 Å². The van der Waals surface area contributed by atoms with Crippen LogP contribution in [-0.2, 0) is 0 Å². The van der Waals surface area contributed by atoms with E-state index in [0.29, 0.717) is 0 Å². The van der Waals surface area contributed by atoms with E-state index in [1.54, 1.807) is 11.3 Å². The summed E-state index contributed by atoms with van der Waals surface area (Å²) >= 11 is 1.62. The molecule has 1 aromatic carbocycles. The average Bonchev–Trinajstić information content (AvgIpc) is 3.06. The maximum Gasteiger partial charge on any atom is 0.122 e. The molecule has 0 saturated heterocycles. The molecule has 5 heteroatoms. The number of aryl methyl sites for hydroxylation is 2. The maximum atomic E-state index is 9.99. The van der Waals surface area contributed by atoms with Crippen LogP contribution in [0.3, 0.4) is 0 Å². The molecule has 1 aliphatic rings. The van der Waals surface area contributed by atoms with E-state index in [4.69, 9.17) is 9.98 Å². The van der Waals surface area contributed by atoms with Crippen LogP contribution in [0.2, 0.25) is 0 Å². The number of aliphatic imine (C=N–C) groups is 1. The lowest BCUT2D eigenvalue weighted by Crippen LogP contribution is -2.24. The number of allylic oxidation sites excluding steroid dienone is 2. The van der Waals surface area contributed by atoms with Gasteiger partial charge in [0.05, 0.1) is 17.5 Å². The standard InChI is InChI=1S/C22H20N4S/c1-12-8-17-16(6-5-7-19(17)24-10-12)21-18(9-23)14(3)26-15(4)20(21)22-25-13(2)11-27-22/h5-8,10-11,18,21H,1-4H3. The molecule has 0 radical (unpaired) electrons. The molecule has 3 heterocycles. The third-order valence-corrected chi connectivity index (χ3v) is 6.04. The largest absolute Gasteiger partial charge is 0.261 e. The quantitative estimate of drug-likeness (QED) is 0.602. The Kier molecular flexibility index (Phi) is 4.37. The molecule has 0 saturated carbocycles. The van der Waals surface area contributed by atoms with Crippen molar-refractivity contribution in [2.24, 2.45) is 10.9 Å². The molecular formula is C22H20N4S. The Morgan fingerprint density at radius 3 is 2.67 bits per heavy atom. The number of fused-ring (bicyclic) bond motifs is 1. The van der Waals surface area contributed by atoms with Crippen LogP contribution in [0.5, 0.6) is 0 Å². The van der Waals surface area contributed by atoms with Crippen molar-refractivity contribution >= 4 is 33.5 Å². The predicted molar refractivity (Wildman–Crippen MR) is 111 cm³/mol. The third kappa shape index (κ3) is 2.96. The molecule has 2 atom stereocenters. The van der Waals surface area contributed by atoms with Crippen molar-refractivity contribution in [3.63, 3.8) is 0 Å². The Bertz CT molecular complexity index is 1150. The van der Waals surface area contributed by atoms with Crippen LogP contribution >= 0.6 is 11.3 Å². The second kappa shape index (κ2) is 6.71. The molecule has 27 heavy (non-hydrogen) atoms. The fraction of sp³-hybridized carbons (Fsp3) is 0.273. The molecule has 1 aliphatic heterocycles. The van der Waals surface area contributed by atoms with Crippen LogP contribution in [0.15, 0.2) is 46.5 Å². The second-order valence-electron chi connectivity index (χ2n) is 7.06. The van der Waals surface area contributed by atoms with Gasteiger partial charge in [0, 0.05) is 45.6 Å². The summed E-state index contributed by atoms with van der Waals surface area (Å²) in [5.74, 6) is -0.427. The molecule has 2 unspecified atom stereocenters. The number of hydrogen-bond acceptors (Lipinski definition) is 5. The Labute approximate surface area is 162 Å². The number of pyridine rings is 1. The highest BCUT2D eigenvalue weighted by molar-refractivity contribution is 7.10. The van der Waals surface area contributed by atoms with E-state index in [9.17, 15) is 5.26 Å². The monoisotopic (exact) mass is 372 g/mol. The minimum atomic E-state index is -0.320. The summed E-state index contributed by atoms with van der Waals surface area (Å²) in [5, 5.41) is 14.1. The predicted octanol–water partition coefficient (Wildman–Crippen LogP) is 5.44. The van der Waals surface area contributed by atoms with Crippen LogP contribution in [0.25, 0.3) is 16.5 Å². The number of nitriles is 1. The van der Waals surface area contributed by atoms with Crippen molar-refractivity contribution < 1.29 is 0 Å². The van der Waals surface area contributed by atoms with Gasteiger partial charge in [-0.15, -0.1) is 11.3 Å². The van der Waals surface area contributed by atoms with Gasteiger partial charge in [0.25, 0.3) is 0 Å². The molecule has 0 spiro atoms. The van der Waals surface area contributed by atoms with Crippen LogP contribution in [0.1, 0.15) is 41.6 Å². The number of aromatic nitrogens is 2. The minimum Gasteiger partial charge on any atom is -0.261 e. The highest BCUT2D eigenvalue weighted by Crippen LogP contribution is 2.46. The molecule has 2 aromatic heterocycles. The molecule has 0 aliphatic carbocycles. The fourth-order valence-electron chi connectivity index (χ4n) is 3.84. The summed E-state index contributed by atoms with van der Waals surface area (Å²) < 4.78 is 0.